The summed E-state index contributed by atoms with van der Waals surface area (Å²) in [6, 6.07) is 18.9. The maximum absolute atomic E-state index is 6.08. The highest BCUT2D eigenvalue weighted by Gasteiger charge is 2.16. The molecule has 2 aromatic carbocycles. The molecule has 2 heteroatoms. The van der Waals surface area contributed by atoms with Gasteiger partial charge in [0.05, 0.1) is 5.66 Å². The van der Waals surface area contributed by atoms with Crippen LogP contribution in [0.2, 0.25) is 0 Å². The third-order valence-electron chi connectivity index (χ3n) is 3.84. The van der Waals surface area contributed by atoms with Gasteiger partial charge in [0.25, 0.3) is 0 Å². The zero-order valence-electron chi connectivity index (χ0n) is 13.3. The van der Waals surface area contributed by atoms with Crippen LogP contribution < -0.4 is 11.5 Å². The predicted octanol–water partition coefficient (Wildman–Crippen LogP) is 4.20. The normalized spacial score (nSPS) is 12.0. The topological polar surface area (TPSA) is 52.0 Å². The lowest BCUT2D eigenvalue weighted by molar-refractivity contribution is 0.375. The maximum atomic E-state index is 6.08. The summed E-state index contributed by atoms with van der Waals surface area (Å²) >= 11 is 0. The van der Waals surface area contributed by atoms with Crippen LogP contribution in [0.15, 0.2) is 54.6 Å². The second-order valence-electron chi connectivity index (χ2n) is 5.97. The standard InChI is InChI=1S/C20H26N2/c1-2-15-20(21,22)16-14-19-12-10-18(11-13-19)9-8-17-6-4-3-5-7-17/h3-13H,2,14-16,21-22H2,1H3. The van der Waals surface area contributed by atoms with Crippen molar-refractivity contribution in [2.24, 2.45) is 11.5 Å². The molecule has 4 N–H and O–H groups in total. The van der Waals surface area contributed by atoms with Crippen molar-refractivity contribution in [1.82, 2.24) is 0 Å². The monoisotopic (exact) mass is 294 g/mol. The SMILES string of the molecule is CCCC(N)(N)CCc1ccc(C=Cc2ccccc2)cc1. The highest BCUT2D eigenvalue weighted by molar-refractivity contribution is 5.69. The summed E-state index contributed by atoms with van der Waals surface area (Å²) in [5.41, 5.74) is 15.3. The number of benzene rings is 2. The first-order chi connectivity index (χ1) is 10.6. The molecular formula is C20H26N2. The summed E-state index contributed by atoms with van der Waals surface area (Å²) in [4.78, 5) is 0. The Morgan fingerprint density at radius 3 is 2.00 bits per heavy atom. The van der Waals surface area contributed by atoms with Crippen molar-refractivity contribution in [3.63, 3.8) is 0 Å². The van der Waals surface area contributed by atoms with Gasteiger partial charge in [-0.1, -0.05) is 80.1 Å². The highest BCUT2D eigenvalue weighted by Crippen LogP contribution is 2.14. The number of nitrogens with two attached hydrogens (primary N) is 2. The van der Waals surface area contributed by atoms with Gasteiger partial charge in [0.2, 0.25) is 0 Å². The van der Waals surface area contributed by atoms with E-state index < -0.39 is 5.66 Å². The molecule has 0 heterocycles. The van der Waals surface area contributed by atoms with Crippen molar-refractivity contribution in [1.29, 1.82) is 0 Å². The summed E-state index contributed by atoms with van der Waals surface area (Å²) in [5, 5.41) is 0. The van der Waals surface area contributed by atoms with E-state index in [9.17, 15) is 0 Å². The summed E-state index contributed by atoms with van der Waals surface area (Å²) in [7, 11) is 0. The van der Waals surface area contributed by atoms with Crippen LogP contribution in [-0.2, 0) is 6.42 Å². The largest absolute Gasteiger partial charge is 0.313 e. The quantitative estimate of drug-likeness (QED) is 0.594. The molecule has 0 saturated carbocycles. The van der Waals surface area contributed by atoms with Crippen molar-refractivity contribution >= 4 is 12.2 Å². The molecule has 2 nitrogen and oxygen atoms in total. The third-order valence-corrected chi connectivity index (χ3v) is 3.84. The first-order valence-electron chi connectivity index (χ1n) is 7.99. The second kappa shape index (κ2) is 7.92. The van der Waals surface area contributed by atoms with Gasteiger partial charge in [-0.2, -0.15) is 0 Å². The second-order valence-corrected chi connectivity index (χ2v) is 5.97. The van der Waals surface area contributed by atoms with E-state index in [0.29, 0.717) is 0 Å². The minimum absolute atomic E-state index is 0.541. The summed E-state index contributed by atoms with van der Waals surface area (Å²) in [5.74, 6) is 0. The van der Waals surface area contributed by atoms with Gasteiger partial charge >= 0.3 is 0 Å². The van der Waals surface area contributed by atoms with E-state index in [1.165, 1.54) is 16.7 Å². The molecular weight excluding hydrogens is 268 g/mol. The lowest BCUT2D eigenvalue weighted by Crippen LogP contribution is -2.49. The summed E-state index contributed by atoms with van der Waals surface area (Å²) in [6.45, 7) is 2.11. The van der Waals surface area contributed by atoms with Gasteiger partial charge in [0.15, 0.2) is 0 Å². The Hall–Kier alpha value is -1.90. The average molecular weight is 294 g/mol. The van der Waals surface area contributed by atoms with E-state index >= 15 is 0 Å². The fourth-order valence-electron chi connectivity index (χ4n) is 2.52. The Kier molecular flexibility index (Phi) is 5.93. The summed E-state index contributed by atoms with van der Waals surface area (Å²) in [6.07, 6.45) is 7.89. The van der Waals surface area contributed by atoms with Gasteiger partial charge < -0.3 is 11.5 Å². The predicted molar refractivity (Wildman–Crippen MR) is 96.1 cm³/mol. The molecule has 2 aromatic rings. The van der Waals surface area contributed by atoms with Crippen molar-refractivity contribution in [2.45, 2.75) is 38.3 Å². The molecule has 0 bridgehead atoms. The molecule has 0 fully saturated rings. The molecule has 2 rings (SSSR count). The number of aryl methyl sites for hydroxylation is 1. The molecule has 116 valence electrons. The minimum Gasteiger partial charge on any atom is -0.313 e. The maximum Gasteiger partial charge on any atom is 0.0639 e. The Morgan fingerprint density at radius 1 is 0.818 bits per heavy atom. The van der Waals surface area contributed by atoms with Crippen LogP contribution in [0.4, 0.5) is 0 Å². The number of hydrogen-bond donors (Lipinski definition) is 2. The van der Waals surface area contributed by atoms with E-state index in [1.54, 1.807) is 0 Å². The van der Waals surface area contributed by atoms with Crippen LogP contribution in [-0.4, -0.2) is 5.66 Å². The molecule has 22 heavy (non-hydrogen) atoms. The van der Waals surface area contributed by atoms with Gasteiger partial charge in [-0.15, -0.1) is 0 Å². The fourth-order valence-corrected chi connectivity index (χ4v) is 2.52. The molecule has 0 amide bonds. The number of rotatable bonds is 7. The van der Waals surface area contributed by atoms with Crippen LogP contribution in [0.3, 0.4) is 0 Å². The highest BCUT2D eigenvalue weighted by atomic mass is 14.9. The number of hydrogen-bond acceptors (Lipinski definition) is 2. The Labute approximate surface area is 133 Å². The summed E-state index contributed by atoms with van der Waals surface area (Å²) < 4.78 is 0. The van der Waals surface area contributed by atoms with Crippen LogP contribution in [0, 0.1) is 0 Å². The van der Waals surface area contributed by atoms with Gasteiger partial charge in [0, 0.05) is 0 Å². The smallest absolute Gasteiger partial charge is 0.0639 e. The van der Waals surface area contributed by atoms with Gasteiger partial charge in [0.1, 0.15) is 0 Å². The molecule has 0 unspecified atom stereocenters. The average Bonchev–Trinajstić information content (AvgIpc) is 2.53. The van der Waals surface area contributed by atoms with Crippen LogP contribution in [0.25, 0.3) is 12.2 Å². The molecule has 0 aliphatic rings. The van der Waals surface area contributed by atoms with Gasteiger partial charge in [-0.25, -0.2) is 0 Å². The van der Waals surface area contributed by atoms with Crippen molar-refractivity contribution in [3.8, 4) is 0 Å². The zero-order chi connectivity index (χ0) is 15.8. The van der Waals surface area contributed by atoms with E-state index in [4.69, 9.17) is 11.5 Å². The molecule has 0 aliphatic carbocycles. The lowest BCUT2D eigenvalue weighted by atomic mass is 9.96. The lowest BCUT2D eigenvalue weighted by Gasteiger charge is -2.23. The van der Waals surface area contributed by atoms with Gasteiger partial charge in [-0.05, 0) is 36.0 Å². The molecule has 0 aromatic heterocycles. The molecule has 0 radical (unpaired) electrons. The Bertz CT molecular complexity index is 583. The first kappa shape index (κ1) is 16.5. The van der Waals surface area contributed by atoms with E-state index in [1.807, 2.05) is 18.2 Å². The van der Waals surface area contributed by atoms with Crippen LogP contribution >= 0.6 is 0 Å². The van der Waals surface area contributed by atoms with Crippen molar-refractivity contribution < 1.29 is 0 Å². The first-order valence-corrected chi connectivity index (χ1v) is 7.99. The van der Waals surface area contributed by atoms with Crippen molar-refractivity contribution in [3.05, 3.63) is 71.3 Å². The zero-order valence-corrected chi connectivity index (χ0v) is 13.3. The van der Waals surface area contributed by atoms with E-state index in [-0.39, 0.29) is 0 Å². The minimum atomic E-state index is -0.541. The molecule has 0 spiro atoms. The van der Waals surface area contributed by atoms with E-state index in [2.05, 4.69) is 55.5 Å². The third kappa shape index (κ3) is 5.47. The van der Waals surface area contributed by atoms with Crippen molar-refractivity contribution in [2.75, 3.05) is 0 Å². The fraction of sp³-hybridized carbons (Fsp3) is 0.300. The van der Waals surface area contributed by atoms with E-state index in [0.717, 1.165) is 25.7 Å². The molecule has 0 aliphatic heterocycles. The Balaban J connectivity index is 1.92. The molecule has 0 saturated heterocycles. The van der Waals surface area contributed by atoms with Crippen LogP contribution in [0.1, 0.15) is 42.9 Å². The molecule has 0 atom stereocenters. The Morgan fingerprint density at radius 2 is 1.41 bits per heavy atom. The van der Waals surface area contributed by atoms with Gasteiger partial charge in [-0.3, -0.25) is 0 Å². The van der Waals surface area contributed by atoms with Crippen LogP contribution in [0.5, 0.6) is 0 Å².